The highest BCUT2D eigenvalue weighted by Crippen LogP contribution is 2.13. The van der Waals surface area contributed by atoms with Gasteiger partial charge < -0.3 is 5.32 Å². The molecular formula is C15H17N3O. The normalized spacial score (nSPS) is 10.2. The van der Waals surface area contributed by atoms with Gasteiger partial charge in [0.05, 0.1) is 11.4 Å². The van der Waals surface area contributed by atoms with Crippen molar-refractivity contribution < 1.29 is 4.79 Å². The largest absolute Gasteiger partial charge is 0.351 e. The summed E-state index contributed by atoms with van der Waals surface area (Å²) < 4.78 is 0. The lowest BCUT2D eigenvalue weighted by atomic mass is 10.2. The Labute approximate surface area is 112 Å². The van der Waals surface area contributed by atoms with Crippen LogP contribution in [-0.2, 0) is 0 Å². The van der Waals surface area contributed by atoms with E-state index in [2.05, 4.69) is 22.2 Å². The average molecular weight is 255 g/mol. The van der Waals surface area contributed by atoms with Crippen LogP contribution in [0.15, 0.2) is 42.6 Å². The molecule has 0 aliphatic carbocycles. The van der Waals surface area contributed by atoms with E-state index in [1.54, 1.807) is 12.3 Å². The first-order chi connectivity index (χ1) is 9.31. The molecule has 0 radical (unpaired) electrons. The van der Waals surface area contributed by atoms with Crippen molar-refractivity contribution in [2.45, 2.75) is 19.8 Å². The number of aromatic nitrogens is 2. The molecule has 19 heavy (non-hydrogen) atoms. The van der Waals surface area contributed by atoms with Crippen LogP contribution in [0.25, 0.3) is 11.4 Å². The van der Waals surface area contributed by atoms with E-state index in [9.17, 15) is 4.79 Å². The minimum absolute atomic E-state index is 0.133. The molecule has 0 aliphatic rings. The van der Waals surface area contributed by atoms with E-state index >= 15 is 0 Å². The zero-order chi connectivity index (χ0) is 13.5. The maximum absolute atomic E-state index is 11.9. The number of carbonyl (C=O) groups excluding carboxylic acids is 1. The SMILES string of the molecule is CCCCNC(=O)c1cccc(-c2ccccn2)n1. The van der Waals surface area contributed by atoms with Gasteiger partial charge in [0.1, 0.15) is 5.69 Å². The van der Waals surface area contributed by atoms with E-state index in [1.165, 1.54) is 0 Å². The van der Waals surface area contributed by atoms with Crippen LogP contribution in [0.2, 0.25) is 0 Å². The standard InChI is InChI=1S/C15H17N3O/c1-2-3-10-17-15(19)14-9-6-8-13(18-14)12-7-4-5-11-16-12/h4-9,11H,2-3,10H2,1H3,(H,17,19). The molecule has 98 valence electrons. The Morgan fingerprint density at radius 2 is 2.00 bits per heavy atom. The number of amides is 1. The third-order valence-corrected chi connectivity index (χ3v) is 2.72. The predicted molar refractivity (Wildman–Crippen MR) is 74.7 cm³/mol. The van der Waals surface area contributed by atoms with Gasteiger partial charge >= 0.3 is 0 Å². The van der Waals surface area contributed by atoms with Gasteiger partial charge in [0.2, 0.25) is 0 Å². The van der Waals surface area contributed by atoms with Crippen LogP contribution in [0, 0.1) is 0 Å². The highest BCUT2D eigenvalue weighted by atomic mass is 16.1. The van der Waals surface area contributed by atoms with Gasteiger partial charge in [-0.25, -0.2) is 4.98 Å². The van der Waals surface area contributed by atoms with E-state index in [0.717, 1.165) is 18.5 Å². The van der Waals surface area contributed by atoms with Crippen LogP contribution in [0.5, 0.6) is 0 Å². The predicted octanol–water partition coefficient (Wildman–Crippen LogP) is 2.67. The molecule has 0 saturated carbocycles. The zero-order valence-corrected chi connectivity index (χ0v) is 11.0. The van der Waals surface area contributed by atoms with Crippen LogP contribution in [-0.4, -0.2) is 22.4 Å². The van der Waals surface area contributed by atoms with Crippen LogP contribution in [0.4, 0.5) is 0 Å². The fraction of sp³-hybridized carbons (Fsp3) is 0.267. The lowest BCUT2D eigenvalue weighted by Gasteiger charge is -2.05. The smallest absolute Gasteiger partial charge is 0.269 e. The van der Waals surface area contributed by atoms with E-state index in [0.29, 0.717) is 17.9 Å². The van der Waals surface area contributed by atoms with Crippen LogP contribution in [0.1, 0.15) is 30.3 Å². The van der Waals surface area contributed by atoms with Gasteiger partial charge in [-0.3, -0.25) is 9.78 Å². The lowest BCUT2D eigenvalue weighted by Crippen LogP contribution is -2.25. The fourth-order valence-corrected chi connectivity index (χ4v) is 1.69. The van der Waals surface area contributed by atoms with Gasteiger partial charge in [-0.2, -0.15) is 0 Å². The van der Waals surface area contributed by atoms with Crippen molar-refractivity contribution in [3.05, 3.63) is 48.3 Å². The summed E-state index contributed by atoms with van der Waals surface area (Å²) in [6.45, 7) is 2.77. The second kappa shape index (κ2) is 6.64. The summed E-state index contributed by atoms with van der Waals surface area (Å²) in [5, 5.41) is 2.86. The van der Waals surface area contributed by atoms with Crippen molar-refractivity contribution in [3.8, 4) is 11.4 Å². The first-order valence-corrected chi connectivity index (χ1v) is 6.48. The maximum atomic E-state index is 11.9. The molecule has 4 nitrogen and oxygen atoms in total. The first kappa shape index (κ1) is 13.2. The Hall–Kier alpha value is -2.23. The summed E-state index contributed by atoms with van der Waals surface area (Å²) in [5.74, 6) is -0.133. The summed E-state index contributed by atoms with van der Waals surface area (Å²) in [4.78, 5) is 20.5. The fourth-order valence-electron chi connectivity index (χ4n) is 1.69. The minimum Gasteiger partial charge on any atom is -0.351 e. The Balaban J connectivity index is 2.13. The second-order valence-corrected chi connectivity index (χ2v) is 4.23. The summed E-state index contributed by atoms with van der Waals surface area (Å²) in [6.07, 6.45) is 3.75. The van der Waals surface area contributed by atoms with Gasteiger partial charge in [-0.15, -0.1) is 0 Å². The van der Waals surface area contributed by atoms with Crippen LogP contribution >= 0.6 is 0 Å². The average Bonchev–Trinajstić information content (AvgIpc) is 2.48. The first-order valence-electron chi connectivity index (χ1n) is 6.48. The highest BCUT2D eigenvalue weighted by Gasteiger charge is 2.08. The van der Waals surface area contributed by atoms with Crippen LogP contribution < -0.4 is 5.32 Å². The molecule has 0 unspecified atom stereocenters. The number of hydrogen-bond acceptors (Lipinski definition) is 3. The van der Waals surface area contributed by atoms with Crippen LogP contribution in [0.3, 0.4) is 0 Å². The van der Waals surface area contributed by atoms with E-state index in [4.69, 9.17) is 0 Å². The maximum Gasteiger partial charge on any atom is 0.269 e. The summed E-state index contributed by atoms with van der Waals surface area (Å²) in [7, 11) is 0. The number of carbonyl (C=O) groups is 1. The lowest BCUT2D eigenvalue weighted by molar-refractivity contribution is 0.0948. The Bertz CT molecular complexity index is 540. The number of nitrogens with zero attached hydrogens (tertiary/aromatic N) is 2. The quantitative estimate of drug-likeness (QED) is 0.836. The molecule has 0 fully saturated rings. The molecule has 1 amide bonds. The third-order valence-electron chi connectivity index (χ3n) is 2.72. The monoisotopic (exact) mass is 255 g/mol. The zero-order valence-electron chi connectivity index (χ0n) is 11.0. The van der Waals surface area contributed by atoms with Gasteiger partial charge in [-0.05, 0) is 30.7 Å². The molecule has 4 heteroatoms. The number of rotatable bonds is 5. The molecule has 0 saturated heterocycles. The van der Waals surface area contributed by atoms with Crippen molar-refractivity contribution in [1.29, 1.82) is 0 Å². The van der Waals surface area contributed by atoms with Crippen molar-refractivity contribution in [2.24, 2.45) is 0 Å². The molecule has 2 aromatic rings. The summed E-state index contributed by atoms with van der Waals surface area (Å²) in [5.41, 5.74) is 1.91. The van der Waals surface area contributed by atoms with E-state index < -0.39 is 0 Å². The molecule has 0 spiro atoms. The molecule has 0 atom stereocenters. The van der Waals surface area contributed by atoms with E-state index in [1.807, 2.05) is 30.3 Å². The molecule has 0 aliphatic heterocycles. The minimum atomic E-state index is -0.133. The number of unbranched alkanes of at least 4 members (excludes halogenated alkanes) is 1. The topological polar surface area (TPSA) is 54.9 Å². The Kier molecular flexibility index (Phi) is 4.61. The Morgan fingerprint density at radius 3 is 2.74 bits per heavy atom. The molecule has 2 heterocycles. The highest BCUT2D eigenvalue weighted by molar-refractivity contribution is 5.92. The number of hydrogen-bond donors (Lipinski definition) is 1. The number of nitrogens with one attached hydrogen (secondary N) is 1. The molecule has 0 aromatic carbocycles. The van der Waals surface area contributed by atoms with Crippen molar-refractivity contribution >= 4 is 5.91 Å². The van der Waals surface area contributed by atoms with Gasteiger partial charge in [0, 0.05) is 12.7 Å². The molecule has 1 N–H and O–H groups in total. The van der Waals surface area contributed by atoms with Gasteiger partial charge in [-0.1, -0.05) is 25.5 Å². The Morgan fingerprint density at radius 1 is 1.16 bits per heavy atom. The van der Waals surface area contributed by atoms with Crippen molar-refractivity contribution in [2.75, 3.05) is 6.54 Å². The molecule has 2 aromatic heterocycles. The van der Waals surface area contributed by atoms with Gasteiger partial charge in [0.15, 0.2) is 0 Å². The third kappa shape index (κ3) is 3.61. The van der Waals surface area contributed by atoms with Crippen molar-refractivity contribution in [3.63, 3.8) is 0 Å². The summed E-state index contributed by atoms with van der Waals surface area (Å²) in [6, 6.07) is 11.0. The number of pyridine rings is 2. The van der Waals surface area contributed by atoms with E-state index in [-0.39, 0.29) is 5.91 Å². The summed E-state index contributed by atoms with van der Waals surface area (Å²) >= 11 is 0. The molecule has 0 bridgehead atoms. The molecular weight excluding hydrogens is 238 g/mol. The second-order valence-electron chi connectivity index (χ2n) is 4.23. The van der Waals surface area contributed by atoms with Gasteiger partial charge in [0.25, 0.3) is 5.91 Å². The van der Waals surface area contributed by atoms with Crippen molar-refractivity contribution in [1.82, 2.24) is 15.3 Å². The molecule has 2 rings (SSSR count).